The predicted octanol–water partition coefficient (Wildman–Crippen LogP) is 2.67. The second-order valence-corrected chi connectivity index (χ2v) is 5.03. The number of rotatable bonds is 5. The van der Waals surface area contributed by atoms with Crippen molar-refractivity contribution in [2.24, 2.45) is 0 Å². The van der Waals surface area contributed by atoms with Crippen LogP contribution in [0.25, 0.3) is 0 Å². The molecule has 0 radical (unpaired) electrons. The van der Waals surface area contributed by atoms with Crippen LogP contribution in [0.4, 0.5) is 0 Å². The summed E-state index contributed by atoms with van der Waals surface area (Å²) in [4.78, 5) is 24.5. The van der Waals surface area contributed by atoms with Crippen molar-refractivity contribution < 1.29 is 14.3 Å². The van der Waals surface area contributed by atoms with Gasteiger partial charge in [0.05, 0.1) is 6.61 Å². The third kappa shape index (κ3) is 4.08. The summed E-state index contributed by atoms with van der Waals surface area (Å²) < 4.78 is 5.39. The van der Waals surface area contributed by atoms with Gasteiger partial charge in [-0.25, -0.2) is 0 Å². The van der Waals surface area contributed by atoms with Gasteiger partial charge in [0, 0.05) is 25.1 Å². The molecule has 1 amide bonds. The zero-order valence-electron chi connectivity index (χ0n) is 11.7. The molecule has 1 aliphatic rings. The van der Waals surface area contributed by atoms with Crippen LogP contribution in [0.5, 0.6) is 5.75 Å². The van der Waals surface area contributed by atoms with Crippen LogP contribution in [0.2, 0.25) is 0 Å². The number of hydrogen-bond acceptors (Lipinski definition) is 3. The average molecular weight is 275 g/mol. The minimum atomic E-state index is 0.103. The first kappa shape index (κ1) is 14.6. The molecule has 108 valence electrons. The van der Waals surface area contributed by atoms with E-state index in [-0.39, 0.29) is 5.91 Å². The van der Waals surface area contributed by atoms with Crippen molar-refractivity contribution in [3.05, 3.63) is 29.8 Å². The van der Waals surface area contributed by atoms with Gasteiger partial charge in [0.25, 0.3) is 5.91 Å². The molecule has 0 N–H and O–H groups in total. The Hall–Kier alpha value is -1.84. The third-order valence-electron chi connectivity index (χ3n) is 3.50. The number of benzene rings is 1. The Morgan fingerprint density at radius 1 is 1.10 bits per heavy atom. The topological polar surface area (TPSA) is 46.6 Å². The summed E-state index contributed by atoms with van der Waals surface area (Å²) in [5, 5.41) is 0. The molecule has 1 fully saturated rings. The van der Waals surface area contributed by atoms with Gasteiger partial charge in [-0.05, 0) is 37.1 Å². The van der Waals surface area contributed by atoms with Gasteiger partial charge in [-0.1, -0.05) is 12.8 Å². The van der Waals surface area contributed by atoms with E-state index in [1.165, 1.54) is 12.8 Å². The lowest BCUT2D eigenvalue weighted by atomic mass is 10.2. The maximum Gasteiger partial charge on any atom is 0.253 e. The van der Waals surface area contributed by atoms with E-state index in [0.29, 0.717) is 24.3 Å². The molecule has 0 aliphatic carbocycles. The molecule has 1 aliphatic heterocycles. The molecule has 1 aromatic carbocycles. The highest BCUT2D eigenvalue weighted by Crippen LogP contribution is 2.16. The Morgan fingerprint density at radius 3 is 2.35 bits per heavy atom. The third-order valence-corrected chi connectivity index (χ3v) is 3.50. The monoisotopic (exact) mass is 275 g/mol. The lowest BCUT2D eigenvalue weighted by Crippen LogP contribution is -2.31. The van der Waals surface area contributed by atoms with Crippen LogP contribution >= 0.6 is 0 Å². The molecule has 4 heteroatoms. The van der Waals surface area contributed by atoms with Crippen molar-refractivity contribution in [2.45, 2.75) is 32.1 Å². The molecule has 0 saturated carbocycles. The van der Waals surface area contributed by atoms with Crippen molar-refractivity contribution >= 4 is 12.2 Å². The first-order valence-corrected chi connectivity index (χ1v) is 7.27. The van der Waals surface area contributed by atoms with Gasteiger partial charge in [0.1, 0.15) is 12.0 Å². The highest BCUT2D eigenvalue weighted by molar-refractivity contribution is 5.94. The molecular weight excluding hydrogens is 254 g/mol. The van der Waals surface area contributed by atoms with E-state index in [0.717, 1.165) is 32.2 Å². The molecule has 1 saturated heterocycles. The number of aldehydes is 1. The first-order valence-electron chi connectivity index (χ1n) is 7.27. The van der Waals surface area contributed by atoms with E-state index < -0.39 is 0 Å². The zero-order valence-corrected chi connectivity index (χ0v) is 11.7. The molecule has 0 atom stereocenters. The Morgan fingerprint density at radius 2 is 1.75 bits per heavy atom. The van der Waals surface area contributed by atoms with Gasteiger partial charge in [-0.2, -0.15) is 0 Å². The fourth-order valence-corrected chi connectivity index (χ4v) is 2.37. The minimum Gasteiger partial charge on any atom is -0.493 e. The van der Waals surface area contributed by atoms with Gasteiger partial charge in [-0.3, -0.25) is 4.79 Å². The Balaban J connectivity index is 1.94. The number of likely N-dealkylation sites (tertiary alicyclic amines) is 1. The van der Waals surface area contributed by atoms with E-state index in [1.54, 1.807) is 24.3 Å². The standard InChI is InChI=1S/C16H21NO3/c18-12-5-13-20-15-8-6-14(7-9-15)16(19)17-10-3-1-2-4-11-17/h6-9,12H,1-5,10-11,13H2. The fraction of sp³-hybridized carbons (Fsp3) is 0.500. The van der Waals surface area contributed by atoms with E-state index >= 15 is 0 Å². The summed E-state index contributed by atoms with van der Waals surface area (Å²) in [5.74, 6) is 0.797. The fourth-order valence-electron chi connectivity index (χ4n) is 2.37. The summed E-state index contributed by atoms with van der Waals surface area (Å²) >= 11 is 0. The minimum absolute atomic E-state index is 0.103. The Bertz CT molecular complexity index is 434. The molecule has 2 rings (SSSR count). The summed E-state index contributed by atoms with van der Waals surface area (Å²) in [6.45, 7) is 2.09. The maximum atomic E-state index is 12.4. The van der Waals surface area contributed by atoms with Gasteiger partial charge >= 0.3 is 0 Å². The quantitative estimate of drug-likeness (QED) is 0.613. The van der Waals surface area contributed by atoms with Gasteiger partial charge < -0.3 is 14.4 Å². The predicted molar refractivity (Wildman–Crippen MR) is 77.0 cm³/mol. The van der Waals surface area contributed by atoms with Gasteiger partial charge in [0.2, 0.25) is 0 Å². The van der Waals surface area contributed by atoms with E-state index in [9.17, 15) is 9.59 Å². The molecule has 0 aromatic heterocycles. The lowest BCUT2D eigenvalue weighted by molar-refractivity contribution is -0.108. The van der Waals surface area contributed by atoms with Crippen LogP contribution < -0.4 is 4.74 Å². The number of hydrogen-bond donors (Lipinski definition) is 0. The van der Waals surface area contributed by atoms with Crippen molar-refractivity contribution in [3.63, 3.8) is 0 Å². The van der Waals surface area contributed by atoms with Gasteiger partial charge in [-0.15, -0.1) is 0 Å². The maximum absolute atomic E-state index is 12.4. The first-order chi connectivity index (χ1) is 9.81. The molecular formula is C16H21NO3. The van der Waals surface area contributed by atoms with Crippen LogP contribution in [-0.4, -0.2) is 36.8 Å². The van der Waals surface area contributed by atoms with E-state index in [1.807, 2.05) is 4.90 Å². The van der Waals surface area contributed by atoms with Crippen molar-refractivity contribution in [2.75, 3.05) is 19.7 Å². The van der Waals surface area contributed by atoms with Crippen LogP contribution in [-0.2, 0) is 4.79 Å². The van der Waals surface area contributed by atoms with E-state index in [4.69, 9.17) is 4.74 Å². The smallest absolute Gasteiger partial charge is 0.253 e. The molecule has 1 heterocycles. The van der Waals surface area contributed by atoms with Crippen LogP contribution in [0.15, 0.2) is 24.3 Å². The highest BCUT2D eigenvalue weighted by atomic mass is 16.5. The van der Waals surface area contributed by atoms with Crippen LogP contribution in [0.1, 0.15) is 42.5 Å². The van der Waals surface area contributed by atoms with Crippen molar-refractivity contribution in [3.8, 4) is 5.75 Å². The molecule has 20 heavy (non-hydrogen) atoms. The number of carbonyl (C=O) groups is 2. The highest BCUT2D eigenvalue weighted by Gasteiger charge is 2.16. The second-order valence-electron chi connectivity index (χ2n) is 5.03. The number of carbonyl (C=O) groups excluding carboxylic acids is 2. The van der Waals surface area contributed by atoms with Crippen LogP contribution in [0.3, 0.4) is 0 Å². The molecule has 0 bridgehead atoms. The lowest BCUT2D eigenvalue weighted by Gasteiger charge is -2.20. The Kier molecular flexibility index (Phi) is 5.59. The SMILES string of the molecule is O=CCCOc1ccc(C(=O)N2CCCCCC2)cc1. The molecule has 1 aromatic rings. The number of nitrogens with zero attached hydrogens (tertiary/aromatic N) is 1. The van der Waals surface area contributed by atoms with Crippen LogP contribution in [0, 0.1) is 0 Å². The number of ether oxygens (including phenoxy) is 1. The molecule has 0 spiro atoms. The summed E-state index contributed by atoms with van der Waals surface area (Å²) in [6, 6.07) is 7.17. The average Bonchev–Trinajstić information content (AvgIpc) is 2.77. The summed E-state index contributed by atoms with van der Waals surface area (Å²) in [6.07, 6.45) is 5.84. The number of amides is 1. The Labute approximate surface area is 119 Å². The largest absolute Gasteiger partial charge is 0.493 e. The van der Waals surface area contributed by atoms with E-state index in [2.05, 4.69) is 0 Å². The normalized spacial score (nSPS) is 15.5. The zero-order chi connectivity index (χ0) is 14.2. The molecule has 0 unspecified atom stereocenters. The van der Waals surface area contributed by atoms with Gasteiger partial charge in [0.15, 0.2) is 0 Å². The molecule has 4 nitrogen and oxygen atoms in total. The summed E-state index contributed by atoms with van der Waals surface area (Å²) in [5.41, 5.74) is 0.703. The second kappa shape index (κ2) is 7.68. The van der Waals surface area contributed by atoms with Crippen molar-refractivity contribution in [1.82, 2.24) is 4.90 Å². The summed E-state index contributed by atoms with van der Waals surface area (Å²) in [7, 11) is 0. The van der Waals surface area contributed by atoms with Crippen molar-refractivity contribution in [1.29, 1.82) is 0 Å².